The van der Waals surface area contributed by atoms with E-state index >= 15 is 0 Å². The van der Waals surface area contributed by atoms with Gasteiger partial charge in [-0.1, -0.05) is 28.9 Å². The third-order valence-electron chi connectivity index (χ3n) is 4.32. The van der Waals surface area contributed by atoms with Gasteiger partial charge in [0.2, 0.25) is 0 Å². The van der Waals surface area contributed by atoms with Crippen molar-refractivity contribution in [3.63, 3.8) is 0 Å². The van der Waals surface area contributed by atoms with Crippen molar-refractivity contribution < 1.29 is 4.79 Å². The minimum Gasteiger partial charge on any atom is -0.296 e. The maximum Gasteiger partial charge on any atom is 0.265 e. The Hall–Kier alpha value is -0.910. The highest BCUT2D eigenvalue weighted by Gasteiger charge is 2.25. The quantitative estimate of drug-likeness (QED) is 0.505. The van der Waals surface area contributed by atoms with Gasteiger partial charge in [-0.25, -0.2) is 5.84 Å². The Morgan fingerprint density at radius 3 is 2.90 bits per heavy atom. The van der Waals surface area contributed by atoms with Crippen LogP contribution in [0.3, 0.4) is 0 Å². The summed E-state index contributed by atoms with van der Waals surface area (Å²) in [5, 5.41) is 0. The zero-order valence-corrected chi connectivity index (χ0v) is 13.6. The van der Waals surface area contributed by atoms with E-state index in [0.29, 0.717) is 11.6 Å². The van der Waals surface area contributed by atoms with E-state index in [1.165, 1.54) is 18.4 Å². The van der Waals surface area contributed by atoms with Crippen molar-refractivity contribution >= 4 is 21.8 Å². The number of nitrogen functional groups attached to an aromatic ring is 1. The number of benzene rings is 1. The number of nitrogens with zero attached hydrogens (tertiary/aromatic N) is 1. The molecule has 2 atom stereocenters. The Bertz CT molecular complexity index is 492. The van der Waals surface area contributed by atoms with Crippen LogP contribution < -0.4 is 11.3 Å². The highest BCUT2D eigenvalue weighted by Crippen LogP contribution is 2.27. The summed E-state index contributed by atoms with van der Waals surface area (Å²) in [6.07, 6.45) is 2.57. The fourth-order valence-electron chi connectivity index (χ4n) is 2.76. The molecule has 1 aliphatic heterocycles. The molecule has 1 aliphatic rings. The van der Waals surface area contributed by atoms with Gasteiger partial charge in [0.05, 0.1) is 0 Å². The van der Waals surface area contributed by atoms with Crippen LogP contribution in [0.4, 0.5) is 0 Å². The van der Waals surface area contributed by atoms with Gasteiger partial charge >= 0.3 is 0 Å². The van der Waals surface area contributed by atoms with Crippen LogP contribution in [0, 0.1) is 5.92 Å². The first-order valence-electron chi connectivity index (χ1n) is 7.06. The molecule has 0 saturated carbocycles. The molecule has 0 radical (unpaired) electrons. The van der Waals surface area contributed by atoms with Crippen molar-refractivity contribution in [3.8, 4) is 0 Å². The van der Waals surface area contributed by atoms with Crippen molar-refractivity contribution in [2.24, 2.45) is 11.8 Å². The summed E-state index contributed by atoms with van der Waals surface area (Å²) in [5.74, 6) is 5.63. The fourth-order valence-corrected chi connectivity index (χ4v) is 3.27. The number of nitrogens with one attached hydrogen (secondary N) is 1. The topological polar surface area (TPSA) is 58.4 Å². The summed E-state index contributed by atoms with van der Waals surface area (Å²) in [5.41, 5.74) is 3.93. The van der Waals surface area contributed by atoms with Gasteiger partial charge in [-0.15, -0.1) is 0 Å². The predicted molar refractivity (Wildman–Crippen MR) is 84.1 cm³/mol. The summed E-state index contributed by atoms with van der Waals surface area (Å²) >= 11 is 3.56. The largest absolute Gasteiger partial charge is 0.296 e. The third kappa shape index (κ3) is 3.40. The van der Waals surface area contributed by atoms with E-state index in [1.807, 2.05) is 18.2 Å². The monoisotopic (exact) mass is 339 g/mol. The molecule has 2 rings (SSSR count). The Kier molecular flexibility index (Phi) is 5.18. The van der Waals surface area contributed by atoms with Gasteiger partial charge < -0.3 is 0 Å². The summed E-state index contributed by atoms with van der Waals surface area (Å²) in [6.45, 7) is 6.67. The van der Waals surface area contributed by atoms with E-state index in [1.54, 1.807) is 0 Å². The number of hydrazine groups is 1. The predicted octanol–water partition coefficient (Wildman–Crippen LogP) is 2.67. The lowest BCUT2D eigenvalue weighted by atomic mass is 9.91. The van der Waals surface area contributed by atoms with Crippen LogP contribution >= 0.6 is 15.9 Å². The second-order valence-electron chi connectivity index (χ2n) is 5.61. The van der Waals surface area contributed by atoms with E-state index in [0.717, 1.165) is 23.5 Å². The number of likely N-dealkylation sites (tertiary alicyclic amines) is 1. The molecule has 1 heterocycles. The first kappa shape index (κ1) is 15.5. The molecule has 2 unspecified atom stereocenters. The first-order chi connectivity index (χ1) is 9.52. The normalized spacial score (nSPS) is 23.6. The number of carbonyl (C=O) groups excluding carboxylic acids is 1. The second kappa shape index (κ2) is 6.70. The van der Waals surface area contributed by atoms with E-state index in [4.69, 9.17) is 5.84 Å². The number of piperidine rings is 1. The number of nitrogens with two attached hydrogens (primary N) is 1. The summed E-state index contributed by atoms with van der Waals surface area (Å²) < 4.78 is 0.962. The van der Waals surface area contributed by atoms with Gasteiger partial charge in [0.15, 0.2) is 0 Å². The summed E-state index contributed by atoms with van der Waals surface area (Å²) in [6, 6.07) is 6.25. The molecule has 0 aliphatic carbocycles. The average Bonchev–Trinajstić information content (AvgIpc) is 2.45. The molecular weight excluding hydrogens is 318 g/mol. The van der Waals surface area contributed by atoms with Crippen molar-refractivity contribution in [3.05, 3.63) is 33.8 Å². The molecule has 110 valence electrons. The zero-order valence-electron chi connectivity index (χ0n) is 12.0. The maximum atomic E-state index is 11.5. The molecule has 4 nitrogen and oxygen atoms in total. The van der Waals surface area contributed by atoms with Crippen LogP contribution in [0.25, 0.3) is 0 Å². The molecular formula is C15H22BrN3O. The van der Waals surface area contributed by atoms with Crippen LogP contribution in [-0.2, 0) is 6.54 Å². The number of carbonyl (C=O) groups is 1. The van der Waals surface area contributed by atoms with Gasteiger partial charge in [0.25, 0.3) is 5.91 Å². The summed E-state index contributed by atoms with van der Waals surface area (Å²) in [4.78, 5) is 14.0. The van der Waals surface area contributed by atoms with Gasteiger partial charge in [0.1, 0.15) is 0 Å². The molecule has 1 saturated heterocycles. The Morgan fingerprint density at radius 1 is 1.50 bits per heavy atom. The van der Waals surface area contributed by atoms with Crippen molar-refractivity contribution in [2.45, 2.75) is 39.3 Å². The lowest BCUT2D eigenvalue weighted by molar-refractivity contribution is 0.0953. The third-order valence-corrected chi connectivity index (χ3v) is 5.06. The average molecular weight is 340 g/mol. The molecule has 1 fully saturated rings. The van der Waals surface area contributed by atoms with Crippen LogP contribution in [0.2, 0.25) is 0 Å². The molecule has 0 bridgehead atoms. The molecule has 1 aromatic rings. The molecule has 5 heteroatoms. The number of amides is 1. The van der Waals surface area contributed by atoms with Crippen molar-refractivity contribution in [2.75, 3.05) is 6.54 Å². The lowest BCUT2D eigenvalue weighted by Crippen LogP contribution is -2.41. The molecule has 0 spiro atoms. The fraction of sp³-hybridized carbons (Fsp3) is 0.533. The van der Waals surface area contributed by atoms with Gasteiger partial charge in [-0.2, -0.15) is 0 Å². The lowest BCUT2D eigenvalue weighted by Gasteiger charge is -2.38. The Morgan fingerprint density at radius 2 is 2.25 bits per heavy atom. The smallest absolute Gasteiger partial charge is 0.265 e. The van der Waals surface area contributed by atoms with Crippen LogP contribution in [0.15, 0.2) is 22.7 Å². The minimum atomic E-state index is -0.266. The van der Waals surface area contributed by atoms with Gasteiger partial charge in [-0.05, 0) is 49.9 Å². The number of hydrogen-bond acceptors (Lipinski definition) is 3. The van der Waals surface area contributed by atoms with Crippen LogP contribution in [0.1, 0.15) is 42.6 Å². The minimum absolute atomic E-state index is 0.266. The first-order valence-corrected chi connectivity index (χ1v) is 7.85. The number of halogens is 1. The van der Waals surface area contributed by atoms with E-state index in [-0.39, 0.29) is 5.91 Å². The van der Waals surface area contributed by atoms with Crippen molar-refractivity contribution in [1.29, 1.82) is 0 Å². The standard InChI is InChI=1S/C15H22BrN3O/c1-10-4-3-7-19(11(10)2)9-13-6-5-12(8-14(13)16)15(20)18-17/h5-6,8,10-11H,3-4,7,9,17H2,1-2H3,(H,18,20). The summed E-state index contributed by atoms with van der Waals surface area (Å²) in [7, 11) is 0. The molecule has 1 amide bonds. The van der Waals surface area contributed by atoms with Gasteiger partial charge in [-0.3, -0.25) is 15.1 Å². The number of rotatable bonds is 3. The van der Waals surface area contributed by atoms with Gasteiger partial charge in [0, 0.05) is 22.6 Å². The van der Waals surface area contributed by atoms with Crippen LogP contribution in [0.5, 0.6) is 0 Å². The molecule has 20 heavy (non-hydrogen) atoms. The van der Waals surface area contributed by atoms with E-state index in [2.05, 4.69) is 40.1 Å². The Balaban J connectivity index is 2.11. The zero-order chi connectivity index (χ0) is 14.7. The SMILES string of the molecule is CC1CCCN(Cc2ccc(C(=O)NN)cc2Br)C1C. The maximum absolute atomic E-state index is 11.5. The molecule has 0 aromatic heterocycles. The molecule has 3 N–H and O–H groups in total. The Labute approximate surface area is 128 Å². The van der Waals surface area contributed by atoms with Crippen molar-refractivity contribution in [1.82, 2.24) is 10.3 Å². The van der Waals surface area contributed by atoms with E-state index < -0.39 is 0 Å². The molecule has 1 aromatic carbocycles. The highest BCUT2D eigenvalue weighted by atomic mass is 79.9. The van der Waals surface area contributed by atoms with E-state index in [9.17, 15) is 4.79 Å². The number of hydrogen-bond donors (Lipinski definition) is 2. The highest BCUT2D eigenvalue weighted by molar-refractivity contribution is 9.10. The second-order valence-corrected chi connectivity index (χ2v) is 6.46. The van der Waals surface area contributed by atoms with Crippen LogP contribution in [-0.4, -0.2) is 23.4 Å².